The van der Waals surface area contributed by atoms with Crippen LogP contribution < -0.4 is 10.9 Å². The molecule has 29 heavy (non-hydrogen) atoms. The maximum Gasteiger partial charge on any atom is 0.431 e. The van der Waals surface area contributed by atoms with Gasteiger partial charge in [-0.15, -0.1) is 0 Å². The largest absolute Gasteiger partial charge is 0.431 e. The highest BCUT2D eigenvalue weighted by Gasteiger charge is 2.33. The van der Waals surface area contributed by atoms with Crippen molar-refractivity contribution >= 4 is 5.91 Å². The highest BCUT2D eigenvalue weighted by Crippen LogP contribution is 2.32. The molecule has 0 unspecified atom stereocenters. The van der Waals surface area contributed by atoms with Crippen LogP contribution in [0.15, 0.2) is 65.5 Å². The highest BCUT2D eigenvalue weighted by molar-refractivity contribution is 5.94. The van der Waals surface area contributed by atoms with Crippen molar-refractivity contribution in [2.24, 2.45) is 0 Å². The van der Waals surface area contributed by atoms with Crippen molar-refractivity contribution in [2.75, 3.05) is 0 Å². The van der Waals surface area contributed by atoms with E-state index in [1.165, 1.54) is 0 Å². The number of halogens is 3. The van der Waals surface area contributed by atoms with E-state index >= 15 is 0 Å². The van der Waals surface area contributed by atoms with Crippen LogP contribution in [-0.2, 0) is 19.0 Å². The number of aryl methyl sites for hydroxylation is 2. The van der Waals surface area contributed by atoms with Gasteiger partial charge in [-0.25, -0.2) is 0 Å². The van der Waals surface area contributed by atoms with Gasteiger partial charge in [-0.3, -0.25) is 9.59 Å². The Kier molecular flexibility index (Phi) is 4.74. The van der Waals surface area contributed by atoms with E-state index in [1.54, 1.807) is 4.98 Å². The maximum absolute atomic E-state index is 12.8. The average molecular weight is 398 g/mol. The number of hydrogen-bond donors (Lipinski definition) is 2. The Morgan fingerprint density at radius 1 is 0.897 bits per heavy atom. The number of hydrogen-bond acceptors (Lipinski definition) is 2. The molecule has 1 heterocycles. The molecule has 0 spiro atoms. The molecule has 4 rings (SSSR count). The van der Waals surface area contributed by atoms with Crippen molar-refractivity contribution in [3.8, 4) is 0 Å². The van der Waals surface area contributed by atoms with Crippen molar-refractivity contribution in [2.45, 2.75) is 25.1 Å². The van der Waals surface area contributed by atoms with Gasteiger partial charge in [0.15, 0.2) is 0 Å². The summed E-state index contributed by atoms with van der Waals surface area (Å²) in [6.07, 6.45) is -3.08. The Hall–Kier alpha value is -3.35. The van der Waals surface area contributed by atoms with Gasteiger partial charge in [0.05, 0.1) is 6.04 Å². The minimum atomic E-state index is -4.69. The molecular formula is C22H17F3N2O2. The number of carbonyl (C=O) groups excluding carboxylic acids is 1. The second kappa shape index (κ2) is 7.24. The monoisotopic (exact) mass is 398 g/mol. The van der Waals surface area contributed by atoms with Gasteiger partial charge in [0.1, 0.15) is 11.3 Å². The molecular weight excluding hydrogens is 381 g/mol. The first-order valence-electron chi connectivity index (χ1n) is 9.11. The lowest BCUT2D eigenvalue weighted by molar-refractivity contribution is -0.141. The van der Waals surface area contributed by atoms with Gasteiger partial charge in [-0.1, -0.05) is 48.5 Å². The van der Waals surface area contributed by atoms with E-state index in [0.29, 0.717) is 6.07 Å². The quantitative estimate of drug-likeness (QED) is 0.685. The molecule has 0 aliphatic heterocycles. The Bertz CT molecular complexity index is 1090. The number of nitrogens with one attached hydrogen (secondary N) is 2. The van der Waals surface area contributed by atoms with Crippen LogP contribution in [0.1, 0.15) is 44.3 Å². The van der Waals surface area contributed by atoms with Crippen LogP contribution >= 0.6 is 0 Å². The van der Waals surface area contributed by atoms with Crippen LogP contribution in [0.4, 0.5) is 13.2 Å². The number of rotatable bonds is 2. The van der Waals surface area contributed by atoms with Crippen molar-refractivity contribution in [1.82, 2.24) is 10.3 Å². The third-order valence-electron chi connectivity index (χ3n) is 5.13. The molecule has 0 saturated carbocycles. The zero-order valence-corrected chi connectivity index (χ0v) is 15.2. The second-order valence-corrected chi connectivity index (χ2v) is 6.92. The first kappa shape index (κ1) is 19.0. The van der Waals surface area contributed by atoms with E-state index < -0.39 is 29.4 Å². The van der Waals surface area contributed by atoms with Gasteiger partial charge in [0, 0.05) is 0 Å². The minimum absolute atomic E-state index is 0.364. The van der Waals surface area contributed by atoms with Crippen LogP contribution in [0.25, 0.3) is 0 Å². The lowest BCUT2D eigenvalue weighted by atomic mass is 9.94. The van der Waals surface area contributed by atoms with Gasteiger partial charge in [0.25, 0.3) is 11.5 Å². The van der Waals surface area contributed by atoms with Crippen LogP contribution in [0.5, 0.6) is 0 Å². The van der Waals surface area contributed by atoms with E-state index in [9.17, 15) is 22.8 Å². The molecule has 2 N–H and O–H groups in total. The van der Waals surface area contributed by atoms with Crippen molar-refractivity contribution < 1.29 is 18.0 Å². The zero-order valence-electron chi connectivity index (χ0n) is 15.2. The second-order valence-electron chi connectivity index (χ2n) is 6.92. The smallest absolute Gasteiger partial charge is 0.341 e. The summed E-state index contributed by atoms with van der Waals surface area (Å²) < 4.78 is 38.3. The lowest BCUT2D eigenvalue weighted by Gasteiger charge is -2.22. The summed E-state index contributed by atoms with van der Waals surface area (Å²) in [4.78, 5) is 26.7. The molecule has 7 heteroatoms. The summed E-state index contributed by atoms with van der Waals surface area (Å²) in [7, 11) is 0. The molecule has 0 bridgehead atoms. The summed E-state index contributed by atoms with van der Waals surface area (Å²) >= 11 is 0. The Labute approximate surface area is 164 Å². The molecule has 0 fully saturated rings. The van der Waals surface area contributed by atoms with Crippen LogP contribution in [0.3, 0.4) is 0 Å². The third kappa shape index (κ3) is 3.68. The molecule has 0 saturated heterocycles. The summed E-state index contributed by atoms with van der Waals surface area (Å²) in [5.41, 5.74) is 1.35. The summed E-state index contributed by atoms with van der Waals surface area (Å²) in [5, 5.41) is 2.85. The van der Waals surface area contributed by atoms with E-state index in [4.69, 9.17) is 0 Å². The molecule has 1 amide bonds. The molecule has 0 radical (unpaired) electrons. The molecule has 4 nitrogen and oxygen atoms in total. The van der Waals surface area contributed by atoms with Crippen molar-refractivity contribution in [3.63, 3.8) is 0 Å². The number of benzene rings is 2. The first-order chi connectivity index (χ1) is 13.8. The van der Waals surface area contributed by atoms with E-state index in [0.717, 1.165) is 41.2 Å². The van der Waals surface area contributed by atoms with E-state index in [1.807, 2.05) is 48.5 Å². The minimum Gasteiger partial charge on any atom is -0.341 e. The average Bonchev–Trinajstić information content (AvgIpc) is 2.85. The molecule has 1 aliphatic carbocycles. The highest BCUT2D eigenvalue weighted by atomic mass is 19.4. The van der Waals surface area contributed by atoms with Gasteiger partial charge in [-0.05, 0) is 47.2 Å². The van der Waals surface area contributed by atoms with Crippen LogP contribution in [0, 0.1) is 0 Å². The number of aromatic amines is 1. The summed E-state index contributed by atoms with van der Waals surface area (Å²) in [5.74, 6) is -0.725. The predicted octanol–water partition coefficient (Wildman–Crippen LogP) is 4.01. The van der Waals surface area contributed by atoms with Gasteiger partial charge in [-0.2, -0.15) is 13.2 Å². The molecule has 0 atom stereocenters. The lowest BCUT2D eigenvalue weighted by Crippen LogP contribution is -2.34. The number of fused-ring (bicyclic) bond motifs is 2. The van der Waals surface area contributed by atoms with Crippen LogP contribution in [0.2, 0.25) is 0 Å². The fraction of sp³-hybridized carbons (Fsp3) is 0.182. The number of aromatic nitrogens is 1. The molecule has 2 aromatic carbocycles. The Morgan fingerprint density at radius 3 is 1.97 bits per heavy atom. The summed E-state index contributed by atoms with van der Waals surface area (Å²) in [6.45, 7) is 0. The topological polar surface area (TPSA) is 62.0 Å². The fourth-order valence-electron chi connectivity index (χ4n) is 3.71. The zero-order chi connectivity index (χ0) is 20.6. The SMILES string of the molecule is O=C(NC1c2ccccc2CCc2ccccc21)c1ccc(C(F)(F)F)[nH]c1=O. The van der Waals surface area contributed by atoms with Crippen LogP contribution in [-0.4, -0.2) is 10.9 Å². The predicted molar refractivity (Wildman–Crippen MR) is 102 cm³/mol. The molecule has 148 valence electrons. The number of alkyl halides is 3. The van der Waals surface area contributed by atoms with Gasteiger partial charge < -0.3 is 10.3 Å². The molecule has 1 aliphatic rings. The normalized spacial score (nSPS) is 13.9. The van der Waals surface area contributed by atoms with Gasteiger partial charge in [0.2, 0.25) is 0 Å². The van der Waals surface area contributed by atoms with Crippen molar-refractivity contribution in [1.29, 1.82) is 0 Å². The number of amides is 1. The Morgan fingerprint density at radius 2 is 1.45 bits per heavy atom. The maximum atomic E-state index is 12.8. The molecule has 3 aromatic rings. The summed E-state index contributed by atoms with van der Waals surface area (Å²) in [6, 6.07) is 16.5. The number of H-pyrrole nitrogens is 1. The number of pyridine rings is 1. The third-order valence-corrected chi connectivity index (χ3v) is 5.13. The fourth-order valence-corrected chi connectivity index (χ4v) is 3.71. The van der Waals surface area contributed by atoms with Crippen molar-refractivity contribution in [3.05, 3.63) is 105 Å². The Balaban J connectivity index is 1.73. The standard InChI is InChI=1S/C22H17F3N2O2/c23-22(24,25)18-12-11-17(20(28)26-18)21(29)27-19-15-7-3-1-5-13(15)9-10-14-6-2-4-8-16(14)19/h1-8,11-12,19H,9-10H2,(H,26,28)(H,27,29). The van der Waals surface area contributed by atoms with E-state index in [-0.39, 0.29) is 5.56 Å². The first-order valence-corrected chi connectivity index (χ1v) is 9.11. The van der Waals surface area contributed by atoms with E-state index in [2.05, 4.69) is 5.32 Å². The number of carbonyl (C=O) groups is 1. The van der Waals surface area contributed by atoms with Gasteiger partial charge >= 0.3 is 6.18 Å². The molecule has 1 aromatic heterocycles.